The topological polar surface area (TPSA) is 78.9 Å². The van der Waals surface area contributed by atoms with Gasteiger partial charge in [-0.15, -0.1) is 0 Å². The molecule has 3 aromatic rings. The van der Waals surface area contributed by atoms with Gasteiger partial charge in [-0.1, -0.05) is 0 Å². The SMILES string of the molecule is O=C(CCc1ccsc1)OCC(COC(=O)CCc1ccsc1)OC(=O)CCc1ccsc1. The van der Waals surface area contributed by atoms with Gasteiger partial charge >= 0.3 is 17.9 Å². The largest absolute Gasteiger partial charge is 0.462 e. The number of ether oxygens (including phenoxy) is 3. The third kappa shape index (κ3) is 9.89. The summed E-state index contributed by atoms with van der Waals surface area (Å²) in [5.41, 5.74) is 3.22. The number of carbonyl (C=O) groups is 3. The van der Waals surface area contributed by atoms with Crippen molar-refractivity contribution >= 4 is 51.9 Å². The Morgan fingerprint density at radius 1 is 0.636 bits per heavy atom. The van der Waals surface area contributed by atoms with Crippen LogP contribution in [0.4, 0.5) is 0 Å². The van der Waals surface area contributed by atoms with Crippen LogP contribution in [-0.4, -0.2) is 37.2 Å². The second-order valence-corrected chi connectivity index (χ2v) is 9.71. The van der Waals surface area contributed by atoms with Gasteiger partial charge in [-0.3, -0.25) is 14.4 Å². The van der Waals surface area contributed by atoms with Crippen molar-refractivity contribution in [2.45, 2.75) is 44.6 Å². The Labute approximate surface area is 205 Å². The lowest BCUT2D eigenvalue weighted by Crippen LogP contribution is -2.31. The molecule has 0 bridgehead atoms. The molecule has 0 amide bonds. The van der Waals surface area contributed by atoms with Gasteiger partial charge in [0.05, 0.1) is 0 Å². The van der Waals surface area contributed by atoms with Gasteiger partial charge in [-0.05, 0) is 86.4 Å². The molecule has 0 aliphatic rings. The Bertz CT molecular complexity index is 910. The first-order valence-corrected chi connectivity index (χ1v) is 13.5. The highest BCUT2D eigenvalue weighted by Gasteiger charge is 2.20. The Morgan fingerprint density at radius 3 is 1.39 bits per heavy atom. The van der Waals surface area contributed by atoms with Crippen molar-refractivity contribution in [1.29, 1.82) is 0 Å². The maximum Gasteiger partial charge on any atom is 0.306 e. The zero-order valence-electron chi connectivity index (χ0n) is 18.1. The number of aryl methyl sites for hydroxylation is 3. The molecule has 0 aliphatic carbocycles. The minimum Gasteiger partial charge on any atom is -0.462 e. The van der Waals surface area contributed by atoms with E-state index in [-0.39, 0.29) is 44.4 Å². The van der Waals surface area contributed by atoms with Crippen LogP contribution in [-0.2, 0) is 47.9 Å². The molecular formula is C24H26O6S3. The summed E-state index contributed by atoms with van der Waals surface area (Å²) >= 11 is 4.72. The lowest BCUT2D eigenvalue weighted by Gasteiger charge is -2.18. The summed E-state index contributed by atoms with van der Waals surface area (Å²) in [7, 11) is 0. The highest BCUT2D eigenvalue weighted by atomic mass is 32.1. The summed E-state index contributed by atoms with van der Waals surface area (Å²) in [4.78, 5) is 36.5. The van der Waals surface area contributed by atoms with Crippen molar-refractivity contribution in [3.63, 3.8) is 0 Å². The van der Waals surface area contributed by atoms with E-state index in [0.29, 0.717) is 19.3 Å². The summed E-state index contributed by atoms with van der Waals surface area (Å²) in [5, 5.41) is 11.8. The zero-order chi connectivity index (χ0) is 23.3. The summed E-state index contributed by atoms with van der Waals surface area (Å²) in [6.07, 6.45) is 1.57. The van der Waals surface area contributed by atoms with Crippen LogP contribution in [0.25, 0.3) is 0 Å². The van der Waals surface area contributed by atoms with E-state index in [0.717, 1.165) is 16.7 Å². The summed E-state index contributed by atoms with van der Waals surface area (Å²) in [6.45, 7) is -0.297. The third-order valence-electron chi connectivity index (χ3n) is 4.75. The van der Waals surface area contributed by atoms with E-state index in [2.05, 4.69) is 0 Å². The highest BCUT2D eigenvalue weighted by molar-refractivity contribution is 7.08. The van der Waals surface area contributed by atoms with E-state index in [1.54, 1.807) is 34.0 Å². The monoisotopic (exact) mass is 506 g/mol. The van der Waals surface area contributed by atoms with Gasteiger partial charge in [0.25, 0.3) is 0 Å². The smallest absolute Gasteiger partial charge is 0.306 e. The Morgan fingerprint density at radius 2 is 1.03 bits per heavy atom. The quantitative estimate of drug-likeness (QED) is 0.224. The maximum atomic E-state index is 12.3. The van der Waals surface area contributed by atoms with Crippen molar-refractivity contribution in [2.24, 2.45) is 0 Å². The standard InChI is InChI=1S/C24H26O6S3/c25-22(4-1-18-7-10-31-15-18)28-13-21(30-24(27)6-3-20-9-12-33-17-20)14-29-23(26)5-2-19-8-11-32-16-19/h7-12,15-17,21H,1-6,13-14H2. The first-order chi connectivity index (χ1) is 16.1. The van der Waals surface area contributed by atoms with E-state index < -0.39 is 12.1 Å². The summed E-state index contributed by atoms with van der Waals surface area (Å²) < 4.78 is 16.1. The fourth-order valence-electron chi connectivity index (χ4n) is 2.92. The molecule has 6 nitrogen and oxygen atoms in total. The van der Waals surface area contributed by atoms with Crippen molar-refractivity contribution in [3.05, 3.63) is 67.2 Å². The number of thiophene rings is 3. The number of esters is 3. The van der Waals surface area contributed by atoms with E-state index in [1.165, 1.54) is 0 Å². The molecule has 0 N–H and O–H groups in total. The molecule has 0 aromatic carbocycles. The average Bonchev–Trinajstić information content (AvgIpc) is 3.60. The molecule has 0 aliphatic heterocycles. The Kier molecular flexibility index (Phi) is 10.6. The Hall–Kier alpha value is -2.49. The summed E-state index contributed by atoms with van der Waals surface area (Å²) in [6, 6.07) is 5.89. The van der Waals surface area contributed by atoms with Crippen LogP contribution in [0, 0.1) is 0 Å². The van der Waals surface area contributed by atoms with E-state index in [1.807, 2.05) is 50.5 Å². The van der Waals surface area contributed by atoms with Crippen molar-refractivity contribution in [2.75, 3.05) is 13.2 Å². The third-order valence-corrected chi connectivity index (χ3v) is 6.95. The van der Waals surface area contributed by atoms with Crippen LogP contribution in [0.2, 0.25) is 0 Å². The average molecular weight is 507 g/mol. The molecule has 3 rings (SSSR count). The highest BCUT2D eigenvalue weighted by Crippen LogP contribution is 2.12. The normalized spacial score (nSPS) is 10.8. The molecule has 0 spiro atoms. The van der Waals surface area contributed by atoms with Gasteiger partial charge in [0.15, 0.2) is 6.10 Å². The molecule has 176 valence electrons. The number of carbonyl (C=O) groups excluding carboxylic acids is 3. The molecule has 0 fully saturated rings. The lowest BCUT2D eigenvalue weighted by atomic mass is 10.2. The lowest BCUT2D eigenvalue weighted by molar-refractivity contribution is -0.166. The molecule has 0 radical (unpaired) electrons. The first kappa shape index (κ1) is 25.1. The van der Waals surface area contributed by atoms with Crippen molar-refractivity contribution in [1.82, 2.24) is 0 Å². The van der Waals surface area contributed by atoms with Crippen LogP contribution < -0.4 is 0 Å². The minimum absolute atomic E-state index is 0.148. The maximum absolute atomic E-state index is 12.3. The first-order valence-electron chi connectivity index (χ1n) is 10.6. The van der Waals surface area contributed by atoms with E-state index >= 15 is 0 Å². The van der Waals surface area contributed by atoms with Gasteiger partial charge < -0.3 is 14.2 Å². The molecule has 0 saturated carbocycles. The van der Waals surface area contributed by atoms with Gasteiger partial charge in [0.2, 0.25) is 0 Å². The zero-order valence-corrected chi connectivity index (χ0v) is 20.6. The predicted octanol–water partition coefficient (Wildman–Crippen LogP) is 5.07. The van der Waals surface area contributed by atoms with Crippen LogP contribution in [0.1, 0.15) is 36.0 Å². The summed E-state index contributed by atoms with van der Waals surface area (Å²) in [5.74, 6) is -1.19. The molecule has 3 heterocycles. The molecule has 0 atom stereocenters. The Balaban J connectivity index is 1.44. The fourth-order valence-corrected chi connectivity index (χ4v) is 5.03. The molecule has 33 heavy (non-hydrogen) atoms. The fraction of sp³-hybridized carbons (Fsp3) is 0.375. The van der Waals surface area contributed by atoms with Gasteiger partial charge in [0, 0.05) is 19.3 Å². The minimum atomic E-state index is -0.838. The van der Waals surface area contributed by atoms with Gasteiger partial charge in [-0.2, -0.15) is 34.0 Å². The van der Waals surface area contributed by atoms with E-state index in [9.17, 15) is 14.4 Å². The molecule has 9 heteroatoms. The second-order valence-electron chi connectivity index (χ2n) is 7.37. The van der Waals surface area contributed by atoms with Crippen LogP contribution in [0.5, 0.6) is 0 Å². The van der Waals surface area contributed by atoms with Gasteiger partial charge in [0.1, 0.15) is 13.2 Å². The molecule has 3 aromatic heterocycles. The number of rotatable bonds is 14. The molecular weight excluding hydrogens is 480 g/mol. The predicted molar refractivity (Wildman–Crippen MR) is 130 cm³/mol. The van der Waals surface area contributed by atoms with E-state index in [4.69, 9.17) is 14.2 Å². The number of hydrogen-bond donors (Lipinski definition) is 0. The molecule has 0 saturated heterocycles. The van der Waals surface area contributed by atoms with Gasteiger partial charge in [-0.25, -0.2) is 0 Å². The van der Waals surface area contributed by atoms with Crippen LogP contribution >= 0.6 is 34.0 Å². The number of hydrogen-bond acceptors (Lipinski definition) is 9. The van der Waals surface area contributed by atoms with Crippen LogP contribution in [0.3, 0.4) is 0 Å². The second kappa shape index (κ2) is 13.9. The molecule has 0 unspecified atom stereocenters. The van der Waals surface area contributed by atoms with Crippen molar-refractivity contribution < 1.29 is 28.6 Å². The van der Waals surface area contributed by atoms with Crippen LogP contribution in [0.15, 0.2) is 50.5 Å². The van der Waals surface area contributed by atoms with Crippen molar-refractivity contribution in [3.8, 4) is 0 Å².